The first-order chi connectivity index (χ1) is 9.47. The van der Waals surface area contributed by atoms with Crippen molar-refractivity contribution in [3.8, 4) is 0 Å². The highest BCUT2D eigenvalue weighted by atomic mass is 19.1. The van der Waals surface area contributed by atoms with Gasteiger partial charge in [0.15, 0.2) is 0 Å². The van der Waals surface area contributed by atoms with Gasteiger partial charge in [-0.05, 0) is 36.6 Å². The van der Waals surface area contributed by atoms with Crippen molar-refractivity contribution in [3.63, 3.8) is 0 Å². The molecule has 106 valence electrons. The van der Waals surface area contributed by atoms with Crippen molar-refractivity contribution in [3.05, 3.63) is 35.8 Å². The van der Waals surface area contributed by atoms with Crippen LogP contribution >= 0.6 is 0 Å². The summed E-state index contributed by atoms with van der Waals surface area (Å²) in [4.78, 5) is 14.9. The van der Waals surface area contributed by atoms with E-state index >= 15 is 0 Å². The van der Waals surface area contributed by atoms with Gasteiger partial charge in [0, 0.05) is 35.0 Å². The number of carbonyl (C=O) groups excluding carboxylic acids is 1. The van der Waals surface area contributed by atoms with Gasteiger partial charge in [0.25, 0.3) is 0 Å². The number of halogens is 1. The molecule has 3 nitrogen and oxygen atoms in total. The van der Waals surface area contributed by atoms with Crippen LogP contribution < -0.4 is 5.32 Å². The van der Waals surface area contributed by atoms with Gasteiger partial charge in [-0.3, -0.25) is 4.79 Å². The second-order valence-electron chi connectivity index (χ2n) is 6.27. The molecule has 20 heavy (non-hydrogen) atoms. The summed E-state index contributed by atoms with van der Waals surface area (Å²) in [5.41, 5.74) is 1.70. The molecule has 1 fully saturated rings. The van der Waals surface area contributed by atoms with E-state index in [9.17, 15) is 9.18 Å². The normalized spacial score (nSPS) is 15.6. The lowest BCUT2D eigenvalue weighted by molar-refractivity contribution is -0.122. The predicted molar refractivity (Wildman–Crippen MR) is 77.0 cm³/mol. The molecule has 0 aliphatic heterocycles. The number of hydrogen-bond acceptors (Lipinski definition) is 1. The molecule has 0 radical (unpaired) electrons. The number of H-pyrrole nitrogens is 1. The molecule has 1 aromatic carbocycles. The fraction of sp³-hybridized carbons (Fsp3) is 0.438. The van der Waals surface area contributed by atoms with Crippen molar-refractivity contribution >= 4 is 16.8 Å². The molecule has 2 N–H and O–H groups in total. The Kier molecular flexibility index (Phi) is 3.04. The Morgan fingerprint density at radius 2 is 2.20 bits per heavy atom. The highest BCUT2D eigenvalue weighted by molar-refractivity contribution is 5.85. The third kappa shape index (κ3) is 2.42. The van der Waals surface area contributed by atoms with Gasteiger partial charge in [0.1, 0.15) is 5.82 Å². The number of carbonyl (C=O) groups is 1. The van der Waals surface area contributed by atoms with E-state index in [0.29, 0.717) is 6.54 Å². The Morgan fingerprint density at radius 3 is 2.90 bits per heavy atom. The number of amides is 1. The van der Waals surface area contributed by atoms with Gasteiger partial charge in [-0.25, -0.2) is 4.39 Å². The lowest BCUT2D eigenvalue weighted by Gasteiger charge is -2.25. The average Bonchev–Trinajstić information content (AvgIpc) is 3.16. The van der Waals surface area contributed by atoms with Crippen LogP contribution in [-0.2, 0) is 10.2 Å². The molecular formula is C16H19FN2O. The second-order valence-corrected chi connectivity index (χ2v) is 6.27. The zero-order valence-corrected chi connectivity index (χ0v) is 11.8. The Hall–Kier alpha value is -1.84. The van der Waals surface area contributed by atoms with Crippen LogP contribution in [0.3, 0.4) is 0 Å². The van der Waals surface area contributed by atoms with Crippen molar-refractivity contribution in [1.82, 2.24) is 10.3 Å². The molecule has 0 atom stereocenters. The second kappa shape index (κ2) is 4.62. The Labute approximate surface area is 117 Å². The molecule has 1 aromatic heterocycles. The topological polar surface area (TPSA) is 44.9 Å². The summed E-state index contributed by atoms with van der Waals surface area (Å²) < 4.78 is 13.2. The van der Waals surface area contributed by atoms with Gasteiger partial charge in [-0.1, -0.05) is 13.8 Å². The summed E-state index contributed by atoms with van der Waals surface area (Å²) in [5, 5.41) is 4.03. The largest absolute Gasteiger partial charge is 0.361 e. The van der Waals surface area contributed by atoms with Crippen LogP contribution in [0.4, 0.5) is 4.39 Å². The van der Waals surface area contributed by atoms with E-state index in [1.54, 1.807) is 6.07 Å². The molecule has 1 aliphatic carbocycles. The summed E-state index contributed by atoms with van der Waals surface area (Å²) in [5.74, 6) is 0.137. The maximum atomic E-state index is 13.2. The summed E-state index contributed by atoms with van der Waals surface area (Å²) in [6.45, 7) is 4.77. The molecule has 1 aliphatic rings. The molecular weight excluding hydrogens is 255 g/mol. The quantitative estimate of drug-likeness (QED) is 0.884. The first-order valence-electron chi connectivity index (χ1n) is 7.02. The van der Waals surface area contributed by atoms with Crippen molar-refractivity contribution < 1.29 is 9.18 Å². The van der Waals surface area contributed by atoms with E-state index < -0.39 is 0 Å². The molecule has 0 bridgehead atoms. The van der Waals surface area contributed by atoms with Crippen LogP contribution in [0, 0.1) is 11.7 Å². The third-order valence-corrected chi connectivity index (χ3v) is 4.03. The number of rotatable bonds is 4. The number of nitrogens with one attached hydrogen (secondary N) is 2. The van der Waals surface area contributed by atoms with E-state index in [4.69, 9.17) is 0 Å². The predicted octanol–water partition coefficient (Wildman–Crippen LogP) is 3.11. The molecule has 0 spiro atoms. The number of hydrogen-bond donors (Lipinski definition) is 2. The van der Waals surface area contributed by atoms with E-state index in [1.807, 2.05) is 6.20 Å². The van der Waals surface area contributed by atoms with Crippen LogP contribution in [0.1, 0.15) is 32.3 Å². The average molecular weight is 274 g/mol. The Balaban J connectivity index is 1.82. The monoisotopic (exact) mass is 274 g/mol. The van der Waals surface area contributed by atoms with Crippen LogP contribution in [0.2, 0.25) is 0 Å². The van der Waals surface area contributed by atoms with Gasteiger partial charge in [-0.15, -0.1) is 0 Å². The summed E-state index contributed by atoms with van der Waals surface area (Å²) in [6, 6.07) is 4.76. The van der Waals surface area contributed by atoms with Gasteiger partial charge >= 0.3 is 0 Å². The minimum atomic E-state index is -0.245. The van der Waals surface area contributed by atoms with Crippen LogP contribution in [-0.4, -0.2) is 17.4 Å². The minimum absolute atomic E-state index is 0.156. The molecule has 2 aromatic rings. The zero-order chi connectivity index (χ0) is 14.3. The zero-order valence-electron chi connectivity index (χ0n) is 11.8. The summed E-state index contributed by atoms with van der Waals surface area (Å²) >= 11 is 0. The van der Waals surface area contributed by atoms with Gasteiger partial charge in [-0.2, -0.15) is 0 Å². The molecule has 1 saturated carbocycles. The first-order valence-corrected chi connectivity index (χ1v) is 7.02. The maximum absolute atomic E-state index is 13.2. The van der Waals surface area contributed by atoms with E-state index in [-0.39, 0.29) is 23.1 Å². The SMILES string of the molecule is CC(C)(CNC(=O)C1CC1)c1c[nH]c2cc(F)ccc12. The lowest BCUT2D eigenvalue weighted by Crippen LogP contribution is -2.37. The van der Waals surface area contributed by atoms with Crippen LogP contribution in [0.25, 0.3) is 10.9 Å². The van der Waals surface area contributed by atoms with Crippen molar-refractivity contribution in [2.45, 2.75) is 32.1 Å². The first kappa shape index (κ1) is 13.2. The molecule has 1 heterocycles. The Bertz CT molecular complexity index is 656. The standard InChI is InChI=1S/C16H19FN2O/c1-16(2,9-19-15(20)10-3-4-10)13-8-18-14-7-11(17)5-6-12(13)14/h5-8,10,18H,3-4,9H2,1-2H3,(H,19,20). The smallest absolute Gasteiger partial charge is 0.223 e. The van der Waals surface area contributed by atoms with Crippen LogP contribution in [0.5, 0.6) is 0 Å². The fourth-order valence-electron chi connectivity index (χ4n) is 2.55. The molecule has 3 rings (SSSR count). The van der Waals surface area contributed by atoms with Gasteiger partial charge in [0.2, 0.25) is 5.91 Å². The number of aromatic nitrogens is 1. The highest BCUT2D eigenvalue weighted by Gasteiger charge is 2.31. The van der Waals surface area contributed by atoms with Crippen molar-refractivity contribution in [1.29, 1.82) is 0 Å². The van der Waals surface area contributed by atoms with Gasteiger partial charge < -0.3 is 10.3 Å². The summed E-state index contributed by atoms with van der Waals surface area (Å²) in [7, 11) is 0. The molecule has 1 amide bonds. The van der Waals surface area contributed by atoms with E-state index in [2.05, 4.69) is 24.1 Å². The van der Waals surface area contributed by atoms with Gasteiger partial charge in [0.05, 0.1) is 0 Å². The summed E-state index contributed by atoms with van der Waals surface area (Å²) in [6.07, 6.45) is 3.94. The van der Waals surface area contributed by atoms with Crippen molar-refractivity contribution in [2.24, 2.45) is 5.92 Å². The van der Waals surface area contributed by atoms with E-state index in [0.717, 1.165) is 29.3 Å². The van der Waals surface area contributed by atoms with Crippen LogP contribution in [0.15, 0.2) is 24.4 Å². The fourth-order valence-corrected chi connectivity index (χ4v) is 2.55. The van der Waals surface area contributed by atoms with E-state index in [1.165, 1.54) is 12.1 Å². The van der Waals surface area contributed by atoms with Crippen molar-refractivity contribution in [2.75, 3.05) is 6.54 Å². The number of fused-ring (bicyclic) bond motifs is 1. The lowest BCUT2D eigenvalue weighted by atomic mass is 9.84. The minimum Gasteiger partial charge on any atom is -0.361 e. The number of benzene rings is 1. The molecule has 0 unspecified atom stereocenters. The molecule has 4 heteroatoms. The third-order valence-electron chi connectivity index (χ3n) is 4.03. The highest BCUT2D eigenvalue weighted by Crippen LogP contribution is 2.32. The Morgan fingerprint density at radius 1 is 1.45 bits per heavy atom. The number of aromatic amines is 1. The maximum Gasteiger partial charge on any atom is 0.223 e. The molecule has 0 saturated heterocycles.